The quantitative estimate of drug-likeness (QED) is 0.663. The summed E-state index contributed by atoms with van der Waals surface area (Å²) in [6, 6.07) is 5.61. The van der Waals surface area contributed by atoms with Crippen molar-refractivity contribution in [3.63, 3.8) is 0 Å². The van der Waals surface area contributed by atoms with Gasteiger partial charge in [-0.3, -0.25) is 0 Å². The Morgan fingerprint density at radius 3 is 2.89 bits per heavy atom. The van der Waals surface area contributed by atoms with Gasteiger partial charge in [0, 0.05) is 6.07 Å². The summed E-state index contributed by atoms with van der Waals surface area (Å²) < 4.78 is 1.78. The summed E-state index contributed by atoms with van der Waals surface area (Å²) in [7, 11) is 0. The molecule has 0 aromatic carbocycles. The van der Waals surface area contributed by atoms with E-state index in [2.05, 4.69) is 27.0 Å². The van der Waals surface area contributed by atoms with Crippen molar-refractivity contribution in [2.45, 2.75) is 13.3 Å². The van der Waals surface area contributed by atoms with Gasteiger partial charge in [-0.15, -0.1) is 0 Å². The summed E-state index contributed by atoms with van der Waals surface area (Å²) in [6.45, 7) is 2.06. The molecule has 0 unspecified atom stereocenters. The number of nitrogens with zero attached hydrogens (tertiary/aromatic N) is 5. The van der Waals surface area contributed by atoms with Crippen LogP contribution < -0.4 is 0 Å². The third kappa shape index (κ3) is 1.82. The largest absolute Gasteiger partial charge is 0.235 e. The van der Waals surface area contributed by atoms with Crippen LogP contribution in [0, 0.1) is 0 Å². The summed E-state index contributed by atoms with van der Waals surface area (Å²) in [5.74, 6) is 0. The number of hydrogen-bond acceptors (Lipinski definition) is 4. The van der Waals surface area contributed by atoms with E-state index in [4.69, 9.17) is 11.6 Å². The Morgan fingerprint density at radius 1 is 1.22 bits per heavy atom. The van der Waals surface area contributed by atoms with Crippen LogP contribution in [0.2, 0.25) is 5.15 Å². The minimum atomic E-state index is 0.404. The normalized spacial score (nSPS) is 11.0. The number of hydrogen-bond donors (Lipinski definition) is 0. The first-order chi connectivity index (χ1) is 8.78. The molecule has 0 aliphatic carbocycles. The van der Waals surface area contributed by atoms with Crippen LogP contribution in [-0.4, -0.2) is 24.6 Å². The number of aromatic nitrogens is 5. The lowest BCUT2D eigenvalue weighted by Crippen LogP contribution is -1.99. The van der Waals surface area contributed by atoms with Crippen molar-refractivity contribution in [3.05, 3.63) is 41.6 Å². The molecule has 3 rings (SSSR count). The van der Waals surface area contributed by atoms with Crippen LogP contribution in [0.3, 0.4) is 0 Å². The monoisotopic (exact) mass is 259 g/mol. The lowest BCUT2D eigenvalue weighted by atomic mass is 10.3. The third-order valence-electron chi connectivity index (χ3n) is 2.68. The number of aryl methyl sites for hydroxylation is 1. The molecule has 0 bridgehead atoms. The van der Waals surface area contributed by atoms with Crippen molar-refractivity contribution in [2.24, 2.45) is 0 Å². The van der Waals surface area contributed by atoms with Crippen molar-refractivity contribution in [1.29, 1.82) is 0 Å². The first-order valence-electron chi connectivity index (χ1n) is 5.59. The fourth-order valence-electron chi connectivity index (χ4n) is 1.75. The molecule has 0 saturated carbocycles. The van der Waals surface area contributed by atoms with Gasteiger partial charge in [-0.05, 0) is 18.6 Å². The van der Waals surface area contributed by atoms with E-state index in [0.717, 1.165) is 23.5 Å². The number of halogens is 1. The highest BCUT2D eigenvalue weighted by molar-refractivity contribution is 6.29. The standard InChI is InChI=1S/C12H10ClN5/c1-2-8-3-4-12-14-6-10(18(12)17-8)9-5-11(13)16-7-15-9/h3-7H,2H2,1H3. The lowest BCUT2D eigenvalue weighted by Gasteiger charge is -2.02. The van der Waals surface area contributed by atoms with E-state index < -0.39 is 0 Å². The fraction of sp³-hybridized carbons (Fsp3) is 0.167. The van der Waals surface area contributed by atoms with E-state index in [0.29, 0.717) is 10.8 Å². The minimum Gasteiger partial charge on any atom is -0.235 e. The fourth-order valence-corrected chi connectivity index (χ4v) is 1.90. The van der Waals surface area contributed by atoms with E-state index >= 15 is 0 Å². The summed E-state index contributed by atoms with van der Waals surface area (Å²) in [5, 5.41) is 4.91. The molecule has 18 heavy (non-hydrogen) atoms. The highest BCUT2D eigenvalue weighted by Gasteiger charge is 2.09. The van der Waals surface area contributed by atoms with Gasteiger partial charge in [0.1, 0.15) is 17.2 Å². The summed E-state index contributed by atoms with van der Waals surface area (Å²) >= 11 is 5.87. The van der Waals surface area contributed by atoms with Gasteiger partial charge in [0.15, 0.2) is 5.65 Å². The molecule has 0 radical (unpaired) electrons. The predicted octanol–water partition coefficient (Wildman–Crippen LogP) is 2.40. The van der Waals surface area contributed by atoms with Crippen molar-refractivity contribution in [3.8, 4) is 11.4 Å². The lowest BCUT2D eigenvalue weighted by molar-refractivity contribution is 0.864. The van der Waals surface area contributed by atoms with Crippen LogP contribution in [-0.2, 0) is 6.42 Å². The number of fused-ring (bicyclic) bond motifs is 1. The van der Waals surface area contributed by atoms with Gasteiger partial charge in [-0.25, -0.2) is 19.5 Å². The molecule has 5 nitrogen and oxygen atoms in total. The van der Waals surface area contributed by atoms with Crippen molar-refractivity contribution in [2.75, 3.05) is 0 Å². The molecule has 0 N–H and O–H groups in total. The molecule has 0 atom stereocenters. The van der Waals surface area contributed by atoms with E-state index in [1.54, 1.807) is 16.8 Å². The molecule has 3 aromatic rings. The van der Waals surface area contributed by atoms with Crippen molar-refractivity contribution >= 4 is 17.2 Å². The average Bonchev–Trinajstić information content (AvgIpc) is 2.81. The molecule has 6 heteroatoms. The maximum absolute atomic E-state index is 5.87. The molecule has 3 aromatic heterocycles. The Morgan fingerprint density at radius 2 is 2.11 bits per heavy atom. The third-order valence-corrected chi connectivity index (χ3v) is 2.88. The number of imidazole rings is 1. The zero-order valence-electron chi connectivity index (χ0n) is 9.71. The smallest absolute Gasteiger partial charge is 0.154 e. The van der Waals surface area contributed by atoms with Gasteiger partial charge in [-0.1, -0.05) is 18.5 Å². The summed E-state index contributed by atoms with van der Waals surface area (Å²) in [6.07, 6.45) is 4.04. The van der Waals surface area contributed by atoms with Crippen LogP contribution in [0.4, 0.5) is 0 Å². The van der Waals surface area contributed by atoms with Crippen LogP contribution >= 0.6 is 11.6 Å². The first-order valence-corrected chi connectivity index (χ1v) is 5.97. The maximum Gasteiger partial charge on any atom is 0.154 e. The first kappa shape index (κ1) is 11.1. The van der Waals surface area contributed by atoms with Gasteiger partial charge in [0.05, 0.1) is 17.6 Å². The van der Waals surface area contributed by atoms with Gasteiger partial charge >= 0.3 is 0 Å². The van der Waals surface area contributed by atoms with Gasteiger partial charge in [-0.2, -0.15) is 5.10 Å². The highest BCUT2D eigenvalue weighted by Crippen LogP contribution is 2.19. The van der Waals surface area contributed by atoms with Crippen LogP contribution in [0.5, 0.6) is 0 Å². The topological polar surface area (TPSA) is 56.0 Å². The molecule has 90 valence electrons. The molecule has 0 amide bonds. The summed E-state index contributed by atoms with van der Waals surface area (Å²) in [5.41, 5.74) is 3.31. The Labute approximate surface area is 108 Å². The van der Waals surface area contributed by atoms with E-state index in [1.165, 1.54) is 6.33 Å². The summed E-state index contributed by atoms with van der Waals surface area (Å²) in [4.78, 5) is 12.4. The second kappa shape index (κ2) is 4.34. The number of rotatable bonds is 2. The highest BCUT2D eigenvalue weighted by atomic mass is 35.5. The van der Waals surface area contributed by atoms with Crippen LogP contribution in [0.25, 0.3) is 17.0 Å². The molecular formula is C12H10ClN5. The Balaban J connectivity index is 2.22. The SMILES string of the molecule is CCc1ccc2ncc(-c3cc(Cl)ncn3)n2n1. The minimum absolute atomic E-state index is 0.404. The molecule has 3 heterocycles. The average molecular weight is 260 g/mol. The second-order valence-electron chi connectivity index (χ2n) is 3.82. The van der Waals surface area contributed by atoms with E-state index in [9.17, 15) is 0 Å². The Bertz CT molecular complexity index is 707. The van der Waals surface area contributed by atoms with Crippen molar-refractivity contribution < 1.29 is 0 Å². The van der Waals surface area contributed by atoms with Gasteiger partial charge < -0.3 is 0 Å². The Kier molecular flexibility index (Phi) is 2.68. The molecule has 0 aliphatic heterocycles. The van der Waals surface area contributed by atoms with Gasteiger partial charge in [0.2, 0.25) is 0 Å². The molecular weight excluding hydrogens is 250 g/mol. The molecule has 0 fully saturated rings. The zero-order chi connectivity index (χ0) is 12.5. The zero-order valence-corrected chi connectivity index (χ0v) is 10.5. The van der Waals surface area contributed by atoms with Gasteiger partial charge in [0.25, 0.3) is 0 Å². The van der Waals surface area contributed by atoms with E-state index in [-0.39, 0.29) is 0 Å². The van der Waals surface area contributed by atoms with Crippen LogP contribution in [0.15, 0.2) is 30.7 Å². The second-order valence-corrected chi connectivity index (χ2v) is 4.20. The van der Waals surface area contributed by atoms with Crippen LogP contribution in [0.1, 0.15) is 12.6 Å². The maximum atomic E-state index is 5.87. The molecule has 0 spiro atoms. The van der Waals surface area contributed by atoms with E-state index in [1.807, 2.05) is 12.1 Å². The van der Waals surface area contributed by atoms with Crippen molar-refractivity contribution in [1.82, 2.24) is 24.6 Å². The Hall–Kier alpha value is -2.01. The predicted molar refractivity (Wildman–Crippen MR) is 68.4 cm³/mol. The molecule has 0 aliphatic rings. The molecule has 0 saturated heterocycles.